The quantitative estimate of drug-likeness (QED) is 0.198. The van der Waals surface area contributed by atoms with Crippen molar-refractivity contribution in [1.29, 1.82) is 0 Å². The summed E-state index contributed by atoms with van der Waals surface area (Å²) in [5, 5.41) is 9.23. The van der Waals surface area contributed by atoms with Gasteiger partial charge in [-0.15, -0.1) is 0 Å². The first-order valence-corrected chi connectivity index (χ1v) is 10.6. The highest BCUT2D eigenvalue weighted by molar-refractivity contribution is 7.45. The van der Waals surface area contributed by atoms with E-state index in [0.717, 1.165) is 5.56 Å². The third-order valence-corrected chi connectivity index (χ3v) is 3.74. The number of para-hydroxylation sites is 1. The van der Waals surface area contributed by atoms with E-state index >= 15 is 0 Å². The standard InChI is InChI=1S/C20H18N2O5.H3O4P/c1-13(23)26-11-12-27-15-8-5-14(6-9-15)7-10-18-21-17-4-2-3-16(20(24)25)19(17)22-18;1-5(2,3)4/h2-10H,11-12H2,1H3,(H,21,22)(H,24,25);(H3,1,2,3,4). The summed E-state index contributed by atoms with van der Waals surface area (Å²) in [4.78, 5) is 50.9. The Labute approximate surface area is 182 Å². The van der Waals surface area contributed by atoms with Crippen LogP contribution >= 0.6 is 7.82 Å². The minimum Gasteiger partial charge on any atom is -0.490 e. The van der Waals surface area contributed by atoms with E-state index in [2.05, 4.69) is 9.97 Å². The lowest BCUT2D eigenvalue weighted by Gasteiger charge is -2.06. The van der Waals surface area contributed by atoms with Crippen molar-refractivity contribution in [3.63, 3.8) is 0 Å². The lowest BCUT2D eigenvalue weighted by molar-refractivity contribution is -0.141. The number of ether oxygens (including phenoxy) is 2. The number of carboxylic acids is 1. The molecule has 32 heavy (non-hydrogen) atoms. The Morgan fingerprint density at radius 3 is 2.31 bits per heavy atom. The smallest absolute Gasteiger partial charge is 0.466 e. The highest BCUT2D eigenvalue weighted by Crippen LogP contribution is 2.25. The second-order valence-corrected chi connectivity index (χ2v) is 7.26. The zero-order chi connectivity index (χ0) is 23.7. The van der Waals surface area contributed by atoms with E-state index in [1.54, 1.807) is 18.2 Å². The fourth-order valence-electron chi connectivity index (χ4n) is 2.50. The number of benzene rings is 2. The average molecular weight is 464 g/mol. The normalized spacial score (nSPS) is 11.1. The number of carbonyl (C=O) groups excluding carboxylic acids is 1. The van der Waals surface area contributed by atoms with Crippen LogP contribution in [0.5, 0.6) is 5.75 Å². The monoisotopic (exact) mass is 464 g/mol. The van der Waals surface area contributed by atoms with E-state index in [0.29, 0.717) is 29.2 Å². The van der Waals surface area contributed by atoms with Gasteiger partial charge in [-0.1, -0.05) is 24.3 Å². The molecule has 0 aliphatic heterocycles. The van der Waals surface area contributed by atoms with Gasteiger partial charge in [-0.25, -0.2) is 14.3 Å². The van der Waals surface area contributed by atoms with Crippen molar-refractivity contribution in [3.05, 3.63) is 59.4 Å². The summed E-state index contributed by atoms with van der Waals surface area (Å²) in [6.45, 7) is 1.85. The van der Waals surface area contributed by atoms with Crippen LogP contribution in [0.15, 0.2) is 42.5 Å². The molecule has 0 bridgehead atoms. The molecule has 0 saturated carbocycles. The van der Waals surface area contributed by atoms with Crippen LogP contribution in [0.4, 0.5) is 0 Å². The predicted octanol–water partition coefficient (Wildman–Crippen LogP) is 2.44. The highest BCUT2D eigenvalue weighted by atomic mass is 31.2. The molecule has 0 atom stereocenters. The molecule has 0 spiro atoms. The van der Waals surface area contributed by atoms with E-state index in [1.807, 2.05) is 30.3 Å². The zero-order valence-corrected chi connectivity index (χ0v) is 17.7. The van der Waals surface area contributed by atoms with E-state index < -0.39 is 13.8 Å². The number of carbonyl (C=O) groups is 2. The highest BCUT2D eigenvalue weighted by Gasteiger charge is 2.10. The number of hydrogen-bond donors (Lipinski definition) is 5. The van der Waals surface area contributed by atoms with Gasteiger partial charge in [0.25, 0.3) is 0 Å². The van der Waals surface area contributed by atoms with Crippen LogP contribution in [-0.2, 0) is 14.1 Å². The molecule has 0 aliphatic rings. The fraction of sp³-hybridized carbons (Fsp3) is 0.150. The topological polar surface area (TPSA) is 179 Å². The number of esters is 1. The van der Waals surface area contributed by atoms with Crippen molar-refractivity contribution >= 4 is 42.9 Å². The summed E-state index contributed by atoms with van der Waals surface area (Å²) < 4.78 is 19.2. The number of nitrogens with zero attached hydrogens (tertiary/aromatic N) is 1. The number of fused-ring (bicyclic) bond motifs is 1. The van der Waals surface area contributed by atoms with Crippen LogP contribution < -0.4 is 4.74 Å². The number of phosphoric acid groups is 1. The molecule has 0 aliphatic carbocycles. The first-order valence-electron chi connectivity index (χ1n) is 9.07. The minimum atomic E-state index is -4.64. The van der Waals surface area contributed by atoms with Crippen molar-refractivity contribution < 1.29 is 43.4 Å². The summed E-state index contributed by atoms with van der Waals surface area (Å²) in [6, 6.07) is 12.4. The van der Waals surface area contributed by atoms with Crippen molar-refractivity contribution in [2.45, 2.75) is 6.92 Å². The predicted molar refractivity (Wildman–Crippen MR) is 115 cm³/mol. The molecule has 0 saturated heterocycles. The van der Waals surface area contributed by atoms with E-state index in [1.165, 1.54) is 13.0 Å². The molecular weight excluding hydrogens is 443 g/mol. The van der Waals surface area contributed by atoms with Crippen LogP contribution in [-0.4, -0.2) is 54.9 Å². The summed E-state index contributed by atoms with van der Waals surface area (Å²) in [7, 11) is -4.64. The SMILES string of the molecule is CC(=O)OCCOc1ccc(C=Cc2nc3cccc(C(=O)O)c3[nH]2)cc1.O=P(O)(O)O. The summed E-state index contributed by atoms with van der Waals surface area (Å²) in [6.07, 6.45) is 3.64. The number of aromatic amines is 1. The second-order valence-electron chi connectivity index (χ2n) is 6.23. The third kappa shape index (κ3) is 8.70. The van der Waals surface area contributed by atoms with E-state index in [4.69, 9.17) is 28.7 Å². The zero-order valence-electron chi connectivity index (χ0n) is 16.8. The average Bonchev–Trinajstić information content (AvgIpc) is 3.12. The Morgan fingerprint density at radius 1 is 1.06 bits per heavy atom. The van der Waals surface area contributed by atoms with Gasteiger partial charge in [0, 0.05) is 6.92 Å². The van der Waals surface area contributed by atoms with Gasteiger partial charge in [0.1, 0.15) is 24.8 Å². The molecule has 3 rings (SSSR count). The molecule has 5 N–H and O–H groups in total. The molecule has 12 heteroatoms. The van der Waals surface area contributed by atoms with Gasteiger partial charge in [0.05, 0.1) is 16.6 Å². The Kier molecular flexibility index (Phi) is 8.68. The Bertz CT molecular complexity index is 1140. The minimum absolute atomic E-state index is 0.190. The molecule has 1 heterocycles. The summed E-state index contributed by atoms with van der Waals surface area (Å²) in [5.41, 5.74) is 2.23. The van der Waals surface area contributed by atoms with Crippen molar-refractivity contribution in [2.24, 2.45) is 0 Å². The van der Waals surface area contributed by atoms with Gasteiger partial charge >= 0.3 is 19.8 Å². The van der Waals surface area contributed by atoms with Gasteiger partial charge in [0.2, 0.25) is 0 Å². The molecule has 1 aromatic heterocycles. The maximum atomic E-state index is 11.3. The largest absolute Gasteiger partial charge is 0.490 e. The van der Waals surface area contributed by atoms with Crippen LogP contribution in [0.3, 0.4) is 0 Å². The number of imidazole rings is 1. The van der Waals surface area contributed by atoms with Gasteiger partial charge in [-0.3, -0.25) is 4.79 Å². The third-order valence-electron chi connectivity index (χ3n) is 3.74. The molecule has 11 nitrogen and oxygen atoms in total. The Balaban J connectivity index is 0.000000654. The number of aromatic carboxylic acids is 1. The lowest BCUT2D eigenvalue weighted by atomic mass is 10.2. The molecular formula is C20H21N2O9P. The Hall–Kier alpha value is -3.50. The molecule has 0 radical (unpaired) electrons. The summed E-state index contributed by atoms with van der Waals surface area (Å²) >= 11 is 0. The van der Waals surface area contributed by atoms with Crippen LogP contribution in [0.1, 0.15) is 28.7 Å². The van der Waals surface area contributed by atoms with Gasteiger partial charge in [-0.2, -0.15) is 0 Å². The maximum absolute atomic E-state index is 11.3. The molecule has 170 valence electrons. The Morgan fingerprint density at radius 2 is 1.72 bits per heavy atom. The van der Waals surface area contributed by atoms with Gasteiger partial charge in [-0.05, 0) is 35.9 Å². The number of nitrogens with one attached hydrogen (secondary N) is 1. The maximum Gasteiger partial charge on any atom is 0.466 e. The summed E-state index contributed by atoms with van der Waals surface area (Å²) in [5.74, 6) is -0.0845. The fourth-order valence-corrected chi connectivity index (χ4v) is 2.50. The van der Waals surface area contributed by atoms with Crippen molar-refractivity contribution in [1.82, 2.24) is 9.97 Å². The van der Waals surface area contributed by atoms with Crippen molar-refractivity contribution in [3.8, 4) is 5.75 Å². The molecule has 0 fully saturated rings. The number of hydrogen-bond acceptors (Lipinski definition) is 6. The molecule has 3 aromatic rings. The number of carboxylic acid groups (broad SMARTS) is 1. The first kappa shape index (κ1) is 24.8. The molecule has 0 unspecified atom stereocenters. The molecule has 2 aromatic carbocycles. The van der Waals surface area contributed by atoms with Crippen LogP contribution in [0, 0.1) is 0 Å². The van der Waals surface area contributed by atoms with Crippen LogP contribution in [0.25, 0.3) is 23.2 Å². The number of aromatic nitrogens is 2. The van der Waals surface area contributed by atoms with Gasteiger partial charge in [0.15, 0.2) is 0 Å². The lowest BCUT2D eigenvalue weighted by Crippen LogP contribution is -2.09. The first-order chi connectivity index (χ1) is 15.0. The second kappa shape index (κ2) is 11.2. The van der Waals surface area contributed by atoms with E-state index in [-0.39, 0.29) is 18.1 Å². The van der Waals surface area contributed by atoms with Crippen molar-refractivity contribution in [2.75, 3.05) is 13.2 Å². The van der Waals surface area contributed by atoms with Crippen LogP contribution in [0.2, 0.25) is 0 Å². The van der Waals surface area contributed by atoms with E-state index in [9.17, 15) is 14.7 Å². The number of rotatable bonds is 7. The number of H-pyrrole nitrogens is 1. The van der Waals surface area contributed by atoms with Gasteiger partial charge < -0.3 is 34.2 Å². The molecule has 0 amide bonds.